The monoisotopic (exact) mass is 500 g/mol. The Morgan fingerprint density at radius 3 is 2.59 bits per heavy atom. The van der Waals surface area contributed by atoms with Gasteiger partial charge in [-0.2, -0.15) is 0 Å². The third kappa shape index (κ3) is 6.15. The van der Waals surface area contributed by atoms with Crippen molar-refractivity contribution >= 4 is 41.3 Å². The number of aryl methyl sites for hydroxylation is 1. The number of ether oxygens (including phenoxy) is 1. The second kappa shape index (κ2) is 11.0. The summed E-state index contributed by atoms with van der Waals surface area (Å²) in [6.07, 6.45) is 2.96. The number of rotatable bonds is 6. The SMILES string of the molecule is CN=C(NCCc1csc(C)n1)NCC1(c2ccccc2)CCOCC1.I. The maximum Gasteiger partial charge on any atom is 0.191 e. The summed E-state index contributed by atoms with van der Waals surface area (Å²) in [5.74, 6) is 0.846. The van der Waals surface area contributed by atoms with E-state index < -0.39 is 0 Å². The van der Waals surface area contributed by atoms with Crippen LogP contribution in [-0.4, -0.2) is 44.3 Å². The number of nitrogens with one attached hydrogen (secondary N) is 2. The van der Waals surface area contributed by atoms with Gasteiger partial charge in [0.15, 0.2) is 5.96 Å². The van der Waals surface area contributed by atoms with Gasteiger partial charge < -0.3 is 15.4 Å². The molecule has 148 valence electrons. The highest BCUT2D eigenvalue weighted by atomic mass is 127. The zero-order valence-corrected chi connectivity index (χ0v) is 19.2. The van der Waals surface area contributed by atoms with Crippen LogP contribution in [0.1, 0.15) is 29.1 Å². The number of hydrogen-bond donors (Lipinski definition) is 2. The molecule has 1 aromatic heterocycles. The molecule has 0 unspecified atom stereocenters. The normalized spacial score (nSPS) is 16.4. The van der Waals surface area contributed by atoms with Gasteiger partial charge in [-0.3, -0.25) is 4.99 Å². The molecule has 0 aliphatic carbocycles. The van der Waals surface area contributed by atoms with Crippen molar-refractivity contribution in [2.45, 2.75) is 31.6 Å². The van der Waals surface area contributed by atoms with Crippen LogP contribution in [0.5, 0.6) is 0 Å². The summed E-state index contributed by atoms with van der Waals surface area (Å²) in [4.78, 5) is 8.89. The maximum atomic E-state index is 5.62. The molecule has 2 aromatic rings. The Balaban J connectivity index is 0.00000261. The summed E-state index contributed by atoms with van der Waals surface area (Å²) < 4.78 is 5.62. The van der Waals surface area contributed by atoms with Crippen molar-refractivity contribution in [3.63, 3.8) is 0 Å². The summed E-state index contributed by atoms with van der Waals surface area (Å²) >= 11 is 1.70. The van der Waals surface area contributed by atoms with E-state index in [4.69, 9.17) is 4.74 Å². The molecule has 1 aliphatic heterocycles. The Hall–Kier alpha value is -1.19. The van der Waals surface area contributed by atoms with Gasteiger partial charge in [0.1, 0.15) is 0 Å². The molecule has 3 rings (SSSR count). The molecule has 1 aromatic carbocycles. The van der Waals surface area contributed by atoms with Gasteiger partial charge in [0.2, 0.25) is 0 Å². The summed E-state index contributed by atoms with van der Waals surface area (Å²) in [5, 5.41) is 10.2. The second-order valence-electron chi connectivity index (χ2n) is 6.72. The molecule has 1 fully saturated rings. The molecule has 0 saturated carbocycles. The Bertz CT molecular complexity index is 714. The Labute approximate surface area is 183 Å². The molecule has 5 nitrogen and oxygen atoms in total. The van der Waals surface area contributed by atoms with Crippen molar-refractivity contribution in [2.24, 2.45) is 4.99 Å². The molecule has 1 aliphatic rings. The second-order valence-corrected chi connectivity index (χ2v) is 7.78. The fourth-order valence-electron chi connectivity index (χ4n) is 3.43. The fourth-order valence-corrected chi connectivity index (χ4v) is 4.07. The van der Waals surface area contributed by atoms with Crippen LogP contribution in [0.25, 0.3) is 0 Å². The van der Waals surface area contributed by atoms with E-state index >= 15 is 0 Å². The fraction of sp³-hybridized carbons (Fsp3) is 0.500. The number of aliphatic imine (C=N–C) groups is 1. The van der Waals surface area contributed by atoms with E-state index in [0.717, 1.165) is 62.2 Å². The molecule has 2 N–H and O–H groups in total. The number of aromatic nitrogens is 1. The molecule has 0 amide bonds. The van der Waals surface area contributed by atoms with E-state index in [-0.39, 0.29) is 29.4 Å². The van der Waals surface area contributed by atoms with E-state index in [0.29, 0.717) is 0 Å². The molecular weight excluding hydrogens is 471 g/mol. The van der Waals surface area contributed by atoms with E-state index in [1.807, 2.05) is 14.0 Å². The number of hydrogen-bond acceptors (Lipinski definition) is 4. The number of thiazole rings is 1. The number of benzene rings is 1. The molecule has 0 spiro atoms. The van der Waals surface area contributed by atoms with Crippen molar-refractivity contribution in [2.75, 3.05) is 33.4 Å². The van der Waals surface area contributed by atoms with Gasteiger partial charge in [0.05, 0.1) is 10.7 Å². The highest BCUT2D eigenvalue weighted by molar-refractivity contribution is 14.0. The van der Waals surface area contributed by atoms with Gasteiger partial charge in [-0.25, -0.2) is 4.98 Å². The van der Waals surface area contributed by atoms with Crippen LogP contribution in [0.2, 0.25) is 0 Å². The van der Waals surface area contributed by atoms with Crippen LogP contribution >= 0.6 is 35.3 Å². The molecule has 2 heterocycles. The van der Waals surface area contributed by atoms with Gasteiger partial charge in [-0.15, -0.1) is 35.3 Å². The Morgan fingerprint density at radius 2 is 1.96 bits per heavy atom. The van der Waals surface area contributed by atoms with Crippen LogP contribution < -0.4 is 10.6 Å². The first kappa shape index (κ1) is 22.1. The summed E-state index contributed by atoms with van der Waals surface area (Å²) in [6.45, 7) is 5.34. The lowest BCUT2D eigenvalue weighted by Crippen LogP contribution is -2.48. The van der Waals surface area contributed by atoms with Crippen molar-refractivity contribution in [1.29, 1.82) is 0 Å². The maximum absolute atomic E-state index is 5.62. The molecule has 0 radical (unpaired) electrons. The molecule has 0 bridgehead atoms. The van der Waals surface area contributed by atoms with E-state index in [9.17, 15) is 0 Å². The van der Waals surface area contributed by atoms with Crippen molar-refractivity contribution in [3.8, 4) is 0 Å². The average molecular weight is 500 g/mol. The van der Waals surface area contributed by atoms with E-state index in [1.165, 1.54) is 5.56 Å². The third-order valence-corrected chi connectivity index (χ3v) is 5.82. The van der Waals surface area contributed by atoms with Crippen LogP contribution in [0.15, 0.2) is 40.7 Å². The molecule has 0 atom stereocenters. The Kier molecular flexibility index (Phi) is 8.98. The van der Waals surface area contributed by atoms with Crippen LogP contribution in [0.3, 0.4) is 0 Å². The van der Waals surface area contributed by atoms with Crippen molar-refractivity contribution < 1.29 is 4.74 Å². The summed E-state index contributed by atoms with van der Waals surface area (Å²) in [5.41, 5.74) is 2.62. The minimum Gasteiger partial charge on any atom is -0.381 e. The highest BCUT2D eigenvalue weighted by Gasteiger charge is 2.34. The van der Waals surface area contributed by atoms with Crippen LogP contribution in [0, 0.1) is 6.92 Å². The number of halogens is 1. The standard InChI is InChI=1S/C20H28N4OS.HI/c1-16-24-18(14-26-16)8-11-22-19(21-2)23-15-20(9-12-25-13-10-20)17-6-4-3-5-7-17;/h3-7,14H,8-13,15H2,1-2H3,(H2,21,22,23);1H. The average Bonchev–Trinajstić information content (AvgIpc) is 3.11. The Morgan fingerprint density at radius 1 is 1.22 bits per heavy atom. The number of guanidine groups is 1. The topological polar surface area (TPSA) is 58.5 Å². The lowest BCUT2D eigenvalue weighted by Gasteiger charge is -2.38. The van der Waals surface area contributed by atoms with Crippen LogP contribution in [0.4, 0.5) is 0 Å². The molecule has 27 heavy (non-hydrogen) atoms. The predicted molar refractivity (Wildman–Crippen MR) is 124 cm³/mol. The zero-order valence-electron chi connectivity index (χ0n) is 16.0. The van der Waals surface area contributed by atoms with Crippen molar-refractivity contribution in [3.05, 3.63) is 52.0 Å². The number of nitrogens with zero attached hydrogens (tertiary/aromatic N) is 2. The minimum atomic E-state index is 0. The first-order valence-electron chi connectivity index (χ1n) is 9.21. The largest absolute Gasteiger partial charge is 0.381 e. The van der Waals surface area contributed by atoms with Crippen LogP contribution in [-0.2, 0) is 16.6 Å². The van der Waals surface area contributed by atoms with Gasteiger partial charge in [0, 0.05) is 50.6 Å². The summed E-state index contributed by atoms with van der Waals surface area (Å²) in [7, 11) is 1.82. The molecule has 7 heteroatoms. The minimum absolute atomic E-state index is 0. The molecule has 1 saturated heterocycles. The first-order chi connectivity index (χ1) is 12.7. The third-order valence-electron chi connectivity index (χ3n) is 4.99. The van der Waals surface area contributed by atoms with Crippen molar-refractivity contribution in [1.82, 2.24) is 15.6 Å². The van der Waals surface area contributed by atoms with Gasteiger partial charge >= 0.3 is 0 Å². The van der Waals surface area contributed by atoms with Gasteiger partial charge in [0.25, 0.3) is 0 Å². The van der Waals surface area contributed by atoms with E-state index in [2.05, 4.69) is 56.3 Å². The lowest BCUT2D eigenvalue weighted by molar-refractivity contribution is 0.0514. The molecular formula is C20H29IN4OS. The van der Waals surface area contributed by atoms with E-state index in [1.54, 1.807) is 11.3 Å². The lowest BCUT2D eigenvalue weighted by atomic mass is 9.74. The highest BCUT2D eigenvalue weighted by Crippen LogP contribution is 2.34. The quantitative estimate of drug-likeness (QED) is 0.362. The van der Waals surface area contributed by atoms with Gasteiger partial charge in [-0.1, -0.05) is 30.3 Å². The smallest absolute Gasteiger partial charge is 0.191 e. The zero-order chi connectivity index (χ0) is 18.2. The van der Waals surface area contributed by atoms with Gasteiger partial charge in [-0.05, 0) is 25.3 Å². The predicted octanol–water partition coefficient (Wildman–Crippen LogP) is 3.53. The summed E-state index contributed by atoms with van der Waals surface area (Å²) in [6, 6.07) is 10.8. The first-order valence-corrected chi connectivity index (χ1v) is 10.1.